The molecule has 1 fully saturated rings. The van der Waals surface area contributed by atoms with Crippen LogP contribution in [0.25, 0.3) is 0 Å². The number of hydrogen-bond acceptors (Lipinski definition) is 3. The van der Waals surface area contributed by atoms with E-state index >= 15 is 0 Å². The van der Waals surface area contributed by atoms with Crippen molar-refractivity contribution in [3.8, 4) is 0 Å². The van der Waals surface area contributed by atoms with Gasteiger partial charge in [0.1, 0.15) is 0 Å². The Kier molecular flexibility index (Phi) is 4.71. The van der Waals surface area contributed by atoms with E-state index in [0.29, 0.717) is 11.1 Å². The number of benzene rings is 1. The van der Waals surface area contributed by atoms with Crippen LogP contribution < -0.4 is 0 Å². The predicted molar refractivity (Wildman–Crippen MR) is 81.5 cm³/mol. The van der Waals surface area contributed by atoms with Gasteiger partial charge < -0.3 is 5.11 Å². The van der Waals surface area contributed by atoms with Crippen LogP contribution in [0.3, 0.4) is 0 Å². The van der Waals surface area contributed by atoms with Gasteiger partial charge in [-0.3, -0.25) is 0 Å². The molecule has 0 amide bonds. The molecule has 1 aliphatic rings. The molecule has 0 aromatic heterocycles. The van der Waals surface area contributed by atoms with Gasteiger partial charge in [-0.15, -0.1) is 0 Å². The highest BCUT2D eigenvalue weighted by atomic mass is 32.2. The number of aryl methyl sites for hydroxylation is 2. The molecule has 0 bridgehead atoms. The fraction of sp³-hybridized carbons (Fsp3) is 0.562. The molecule has 1 saturated carbocycles. The van der Waals surface area contributed by atoms with Crippen LogP contribution in [0.4, 0.5) is 0 Å². The first-order valence-electron chi connectivity index (χ1n) is 7.38. The van der Waals surface area contributed by atoms with Crippen molar-refractivity contribution in [3.63, 3.8) is 0 Å². The Morgan fingerprint density at radius 2 is 1.76 bits per heavy atom. The molecule has 0 atom stereocenters. The first-order valence-corrected chi connectivity index (χ1v) is 9.04. The largest absolute Gasteiger partial charge is 0.478 e. The normalized spacial score (nSPS) is 16.9. The topological polar surface area (TPSA) is 71.4 Å². The summed E-state index contributed by atoms with van der Waals surface area (Å²) in [6.07, 6.45) is 5.27. The van der Waals surface area contributed by atoms with E-state index < -0.39 is 15.8 Å². The molecule has 0 aliphatic heterocycles. The number of carbonyl (C=O) groups is 1. The molecule has 116 valence electrons. The van der Waals surface area contributed by atoms with Gasteiger partial charge in [-0.1, -0.05) is 25.3 Å². The second-order valence-corrected chi connectivity index (χ2v) is 8.03. The maximum absolute atomic E-state index is 12.6. The van der Waals surface area contributed by atoms with E-state index in [-0.39, 0.29) is 22.1 Å². The second-order valence-electron chi connectivity index (χ2n) is 6.02. The molecule has 1 N–H and O–H groups in total. The molecule has 0 spiro atoms. The predicted octanol–water partition coefficient (Wildman–Crippen LogP) is 3.36. The summed E-state index contributed by atoms with van der Waals surface area (Å²) in [7, 11) is -3.43. The third-order valence-corrected chi connectivity index (χ3v) is 6.29. The smallest absolute Gasteiger partial charge is 0.335 e. The standard InChI is InChI=1S/C16H22O4S/c1-11-8-12(2)15(9-14(11)16(17)18)21(19,20)10-13-6-4-3-5-7-13/h8-9,13H,3-7,10H2,1-2H3,(H,17,18). The van der Waals surface area contributed by atoms with Crippen molar-refractivity contribution in [2.75, 3.05) is 5.75 Å². The third kappa shape index (κ3) is 3.64. The minimum atomic E-state index is -3.43. The quantitative estimate of drug-likeness (QED) is 0.925. The Hall–Kier alpha value is -1.36. The minimum Gasteiger partial charge on any atom is -0.478 e. The van der Waals surface area contributed by atoms with Crippen LogP contribution in [0.1, 0.15) is 53.6 Å². The van der Waals surface area contributed by atoms with Gasteiger partial charge in [0.05, 0.1) is 16.2 Å². The highest BCUT2D eigenvalue weighted by molar-refractivity contribution is 7.91. The van der Waals surface area contributed by atoms with E-state index in [2.05, 4.69) is 0 Å². The van der Waals surface area contributed by atoms with Crippen molar-refractivity contribution in [3.05, 3.63) is 28.8 Å². The molecule has 2 rings (SSSR count). The van der Waals surface area contributed by atoms with Gasteiger partial charge in [-0.25, -0.2) is 13.2 Å². The molecule has 1 aliphatic carbocycles. The summed E-state index contributed by atoms with van der Waals surface area (Å²) in [4.78, 5) is 11.4. The monoisotopic (exact) mass is 310 g/mol. The Morgan fingerprint density at radius 1 is 1.14 bits per heavy atom. The van der Waals surface area contributed by atoms with Gasteiger partial charge in [0.15, 0.2) is 9.84 Å². The molecule has 21 heavy (non-hydrogen) atoms. The second kappa shape index (κ2) is 6.18. The molecule has 4 nitrogen and oxygen atoms in total. The van der Waals surface area contributed by atoms with Crippen molar-refractivity contribution >= 4 is 15.8 Å². The lowest BCUT2D eigenvalue weighted by Gasteiger charge is -2.22. The zero-order valence-corrected chi connectivity index (χ0v) is 13.4. The summed E-state index contributed by atoms with van der Waals surface area (Å²) in [6, 6.07) is 2.97. The van der Waals surface area contributed by atoms with Crippen LogP contribution >= 0.6 is 0 Å². The van der Waals surface area contributed by atoms with Gasteiger partial charge in [-0.2, -0.15) is 0 Å². The number of carboxylic acid groups (broad SMARTS) is 1. The SMILES string of the molecule is Cc1cc(C)c(S(=O)(=O)CC2CCCCC2)cc1C(=O)O. The molecule has 0 heterocycles. The summed E-state index contributed by atoms with van der Waals surface area (Å²) < 4.78 is 25.2. The number of aromatic carboxylic acids is 1. The minimum absolute atomic E-state index is 0.0721. The van der Waals surface area contributed by atoms with Crippen molar-refractivity contribution in [2.24, 2.45) is 5.92 Å². The first-order chi connectivity index (χ1) is 9.81. The van der Waals surface area contributed by atoms with Crippen molar-refractivity contribution in [1.82, 2.24) is 0 Å². The van der Waals surface area contributed by atoms with Gasteiger partial charge >= 0.3 is 5.97 Å². The summed E-state index contributed by atoms with van der Waals surface area (Å²) in [5.74, 6) is -0.741. The van der Waals surface area contributed by atoms with Crippen LogP contribution in [-0.2, 0) is 9.84 Å². The van der Waals surface area contributed by atoms with Crippen LogP contribution in [0.5, 0.6) is 0 Å². The van der Waals surface area contributed by atoms with E-state index in [1.165, 1.54) is 12.5 Å². The van der Waals surface area contributed by atoms with Gasteiger partial charge in [0.25, 0.3) is 0 Å². The summed E-state index contributed by atoms with van der Waals surface area (Å²) in [6.45, 7) is 3.42. The fourth-order valence-electron chi connectivity index (χ4n) is 3.15. The maximum atomic E-state index is 12.6. The molecule has 1 aromatic carbocycles. The number of carboxylic acids is 1. The van der Waals surface area contributed by atoms with E-state index in [0.717, 1.165) is 25.7 Å². The number of rotatable bonds is 4. The Labute approximate surface area is 126 Å². The maximum Gasteiger partial charge on any atom is 0.335 e. The lowest BCUT2D eigenvalue weighted by Crippen LogP contribution is -2.20. The molecular formula is C16H22O4S. The molecule has 0 saturated heterocycles. The lowest BCUT2D eigenvalue weighted by atomic mass is 9.91. The Morgan fingerprint density at radius 3 is 2.33 bits per heavy atom. The fourth-order valence-corrected chi connectivity index (χ4v) is 5.13. The Bertz CT molecular complexity index is 640. The lowest BCUT2D eigenvalue weighted by molar-refractivity contribution is 0.0696. The van der Waals surface area contributed by atoms with Crippen molar-refractivity contribution in [1.29, 1.82) is 0 Å². The summed E-state index contributed by atoms with van der Waals surface area (Å²) >= 11 is 0. The molecule has 5 heteroatoms. The van der Waals surface area contributed by atoms with E-state index in [1.807, 2.05) is 0 Å². The van der Waals surface area contributed by atoms with Crippen molar-refractivity contribution < 1.29 is 18.3 Å². The van der Waals surface area contributed by atoms with E-state index in [4.69, 9.17) is 0 Å². The molecule has 0 unspecified atom stereocenters. The highest BCUT2D eigenvalue weighted by Gasteiger charge is 2.25. The zero-order chi connectivity index (χ0) is 15.6. The van der Waals surface area contributed by atoms with Crippen LogP contribution in [0, 0.1) is 19.8 Å². The van der Waals surface area contributed by atoms with Crippen LogP contribution in [0.2, 0.25) is 0 Å². The van der Waals surface area contributed by atoms with E-state index in [9.17, 15) is 18.3 Å². The van der Waals surface area contributed by atoms with Gasteiger partial charge in [0, 0.05) is 0 Å². The van der Waals surface area contributed by atoms with Gasteiger partial charge in [0.2, 0.25) is 0 Å². The summed E-state index contributed by atoms with van der Waals surface area (Å²) in [5, 5.41) is 9.17. The van der Waals surface area contributed by atoms with E-state index in [1.54, 1.807) is 19.9 Å². The van der Waals surface area contributed by atoms with Crippen LogP contribution in [-0.4, -0.2) is 25.2 Å². The number of hydrogen-bond donors (Lipinski definition) is 1. The van der Waals surface area contributed by atoms with Gasteiger partial charge in [-0.05, 0) is 49.8 Å². The molecular weight excluding hydrogens is 288 g/mol. The van der Waals surface area contributed by atoms with Crippen molar-refractivity contribution in [2.45, 2.75) is 50.8 Å². The average Bonchev–Trinajstić information content (AvgIpc) is 2.38. The average molecular weight is 310 g/mol. The van der Waals surface area contributed by atoms with Crippen LogP contribution in [0.15, 0.2) is 17.0 Å². The molecule has 0 radical (unpaired) electrons. The molecule has 1 aromatic rings. The summed E-state index contributed by atoms with van der Waals surface area (Å²) in [5.41, 5.74) is 1.30. The zero-order valence-electron chi connectivity index (χ0n) is 12.6. The Balaban J connectivity index is 2.34. The first kappa shape index (κ1) is 16.0. The third-order valence-electron chi connectivity index (χ3n) is 4.27. The highest BCUT2D eigenvalue weighted by Crippen LogP contribution is 2.29. The number of sulfone groups is 1.